The summed E-state index contributed by atoms with van der Waals surface area (Å²) in [5, 5.41) is 1.24. The van der Waals surface area contributed by atoms with Crippen LogP contribution in [0.1, 0.15) is 45.4 Å². The second-order valence-corrected chi connectivity index (χ2v) is 3.33. The maximum absolute atomic E-state index is 3.03. The van der Waals surface area contributed by atoms with Gasteiger partial charge in [0.2, 0.25) is 0 Å². The molecule has 1 radical (unpaired) electrons. The van der Waals surface area contributed by atoms with E-state index in [0.717, 1.165) is 0 Å². The molecule has 0 bridgehead atoms. The predicted molar refractivity (Wildman–Crippen MR) is 43.9 cm³/mol. The number of unbranched alkanes of at least 4 members (excludes halogenated alkanes) is 5. The van der Waals surface area contributed by atoms with Crippen molar-refractivity contribution in [3.63, 3.8) is 0 Å². The van der Waals surface area contributed by atoms with Crippen LogP contribution in [0.3, 0.4) is 0 Å². The van der Waals surface area contributed by atoms with Crippen LogP contribution >= 0.6 is 0 Å². The van der Waals surface area contributed by atoms with E-state index in [-0.39, 0.29) is 0 Å². The van der Waals surface area contributed by atoms with Crippen molar-refractivity contribution in [2.24, 2.45) is 0 Å². The molecule has 0 aromatic rings. The third kappa shape index (κ3) is 8.52. The monoisotopic (exact) mass is 193 g/mol. The van der Waals surface area contributed by atoms with Gasteiger partial charge in [0.25, 0.3) is 0 Å². The van der Waals surface area contributed by atoms with Gasteiger partial charge in [-0.25, -0.2) is 0 Å². The van der Waals surface area contributed by atoms with E-state index in [1.807, 2.05) is 0 Å². The zero-order chi connectivity index (χ0) is 6.95. The molecular formula is C8H17Se. The fourth-order valence-electron chi connectivity index (χ4n) is 0.882. The summed E-state index contributed by atoms with van der Waals surface area (Å²) in [5.74, 6) is 0. The first-order valence-corrected chi connectivity index (χ1v) is 5.21. The summed E-state index contributed by atoms with van der Waals surface area (Å²) in [4.78, 5) is 0. The van der Waals surface area contributed by atoms with Gasteiger partial charge in [-0.05, 0) is 0 Å². The molecule has 0 fully saturated rings. The standard InChI is InChI=1S/C8H17Se/c1-2-3-4-5-6-7-8-9/h2-8H2,1H3. The Bertz CT molecular complexity index is 37.8. The summed E-state index contributed by atoms with van der Waals surface area (Å²) in [6, 6.07) is 0. The van der Waals surface area contributed by atoms with Crippen molar-refractivity contribution in [2.45, 2.75) is 50.8 Å². The van der Waals surface area contributed by atoms with Crippen molar-refractivity contribution in [3.8, 4) is 0 Å². The molecule has 0 unspecified atom stereocenters. The molecule has 55 valence electrons. The molecule has 0 saturated heterocycles. The Morgan fingerprint density at radius 3 is 2.00 bits per heavy atom. The van der Waals surface area contributed by atoms with E-state index in [0.29, 0.717) is 0 Å². The predicted octanol–water partition coefficient (Wildman–Crippen LogP) is 2.93. The first-order chi connectivity index (χ1) is 4.41. The first-order valence-electron chi connectivity index (χ1n) is 4.00. The Hall–Kier alpha value is 0.519. The summed E-state index contributed by atoms with van der Waals surface area (Å²) in [6.07, 6.45) is 8.47. The van der Waals surface area contributed by atoms with E-state index in [1.165, 1.54) is 43.8 Å². The van der Waals surface area contributed by atoms with Crippen LogP contribution < -0.4 is 0 Å². The van der Waals surface area contributed by atoms with Crippen molar-refractivity contribution in [1.82, 2.24) is 0 Å². The van der Waals surface area contributed by atoms with Crippen LogP contribution in [0.5, 0.6) is 0 Å². The van der Waals surface area contributed by atoms with E-state index >= 15 is 0 Å². The Kier molecular flexibility index (Phi) is 9.01. The van der Waals surface area contributed by atoms with Crippen molar-refractivity contribution in [1.29, 1.82) is 0 Å². The number of rotatable bonds is 6. The molecule has 0 N–H and O–H groups in total. The van der Waals surface area contributed by atoms with Gasteiger partial charge in [-0.1, -0.05) is 0 Å². The van der Waals surface area contributed by atoms with E-state index < -0.39 is 0 Å². The van der Waals surface area contributed by atoms with Crippen LogP contribution in [0.2, 0.25) is 5.32 Å². The van der Waals surface area contributed by atoms with Crippen LogP contribution in [0.15, 0.2) is 0 Å². The molecule has 0 aliphatic rings. The molecule has 0 aromatic carbocycles. The average molecular weight is 192 g/mol. The van der Waals surface area contributed by atoms with Gasteiger partial charge in [-0.3, -0.25) is 0 Å². The van der Waals surface area contributed by atoms with Gasteiger partial charge in [0.1, 0.15) is 0 Å². The van der Waals surface area contributed by atoms with Crippen molar-refractivity contribution < 1.29 is 0 Å². The summed E-state index contributed by atoms with van der Waals surface area (Å²) in [6.45, 7) is 2.26. The van der Waals surface area contributed by atoms with Crippen LogP contribution in [0.25, 0.3) is 0 Å². The third-order valence-corrected chi connectivity index (χ3v) is 2.10. The number of hydrogen-bond donors (Lipinski definition) is 0. The second-order valence-electron chi connectivity index (χ2n) is 2.47. The van der Waals surface area contributed by atoms with Crippen LogP contribution in [0, 0.1) is 0 Å². The molecule has 9 heavy (non-hydrogen) atoms. The van der Waals surface area contributed by atoms with Gasteiger partial charge in [0.15, 0.2) is 0 Å². The third-order valence-electron chi connectivity index (χ3n) is 1.50. The molecule has 0 aliphatic heterocycles. The Labute approximate surface area is 67.2 Å². The number of hydrogen-bond acceptors (Lipinski definition) is 0. The molecule has 0 aliphatic carbocycles. The van der Waals surface area contributed by atoms with Gasteiger partial charge in [0.05, 0.1) is 0 Å². The van der Waals surface area contributed by atoms with Gasteiger partial charge in [0, 0.05) is 0 Å². The van der Waals surface area contributed by atoms with E-state index in [9.17, 15) is 0 Å². The van der Waals surface area contributed by atoms with Gasteiger partial charge >= 0.3 is 66.8 Å². The van der Waals surface area contributed by atoms with Crippen molar-refractivity contribution >= 4 is 16.0 Å². The van der Waals surface area contributed by atoms with Gasteiger partial charge in [-0.15, -0.1) is 0 Å². The first kappa shape index (κ1) is 9.52. The Morgan fingerprint density at radius 2 is 1.44 bits per heavy atom. The maximum atomic E-state index is 3.03. The van der Waals surface area contributed by atoms with Crippen LogP contribution in [0.4, 0.5) is 0 Å². The minimum absolute atomic E-state index is 1.24. The van der Waals surface area contributed by atoms with E-state index in [1.54, 1.807) is 0 Å². The zero-order valence-electron chi connectivity index (χ0n) is 6.36. The van der Waals surface area contributed by atoms with Crippen LogP contribution in [-0.4, -0.2) is 16.0 Å². The van der Waals surface area contributed by atoms with Crippen LogP contribution in [-0.2, 0) is 0 Å². The molecule has 0 spiro atoms. The summed E-state index contributed by atoms with van der Waals surface area (Å²) in [5.41, 5.74) is 0. The summed E-state index contributed by atoms with van der Waals surface area (Å²) < 4.78 is 0. The quantitative estimate of drug-likeness (QED) is 0.448. The molecule has 0 heterocycles. The van der Waals surface area contributed by atoms with Gasteiger partial charge < -0.3 is 0 Å². The summed E-state index contributed by atoms with van der Waals surface area (Å²) >= 11 is 3.03. The topological polar surface area (TPSA) is 0 Å². The van der Waals surface area contributed by atoms with Crippen molar-refractivity contribution in [2.75, 3.05) is 0 Å². The molecule has 0 rings (SSSR count). The molecule has 1 heteroatoms. The molecule has 0 aromatic heterocycles. The fraction of sp³-hybridized carbons (Fsp3) is 1.00. The van der Waals surface area contributed by atoms with Crippen molar-refractivity contribution in [3.05, 3.63) is 0 Å². The normalized spacial score (nSPS) is 10.0. The zero-order valence-corrected chi connectivity index (χ0v) is 8.07. The van der Waals surface area contributed by atoms with E-state index in [2.05, 4.69) is 22.9 Å². The average Bonchev–Trinajstić information content (AvgIpc) is 1.89. The molecule has 0 atom stereocenters. The fourth-order valence-corrected chi connectivity index (χ4v) is 1.31. The van der Waals surface area contributed by atoms with E-state index in [4.69, 9.17) is 0 Å². The summed E-state index contributed by atoms with van der Waals surface area (Å²) in [7, 11) is 0. The Balaban J connectivity index is 2.60. The second kappa shape index (κ2) is 8.52. The Morgan fingerprint density at radius 1 is 0.889 bits per heavy atom. The molecular weight excluding hydrogens is 175 g/mol. The molecule has 0 saturated carbocycles. The van der Waals surface area contributed by atoms with Gasteiger partial charge in [-0.2, -0.15) is 0 Å². The molecule has 0 nitrogen and oxygen atoms in total. The molecule has 0 amide bonds. The minimum atomic E-state index is 1.24. The SMILES string of the molecule is CCCCCCCC[Se].